The number of piperidine rings is 1. The second kappa shape index (κ2) is 10.4. The van der Waals surface area contributed by atoms with E-state index in [4.69, 9.17) is 20.2 Å². The number of nitrogens with two attached hydrogens (primary N) is 1. The van der Waals surface area contributed by atoms with E-state index >= 15 is 0 Å². The molecule has 1 aromatic rings. The van der Waals surface area contributed by atoms with Crippen molar-refractivity contribution in [2.24, 2.45) is 16.6 Å². The number of guanidine groups is 1. The number of primary amides is 1. The van der Waals surface area contributed by atoms with Gasteiger partial charge in [0.2, 0.25) is 5.91 Å². The number of carbonyl (C=O) groups is 1. The number of carbonyl (C=O) groups excluding carboxylic acids is 1. The minimum Gasteiger partial charge on any atom is -0.493 e. The van der Waals surface area contributed by atoms with Gasteiger partial charge < -0.3 is 25.4 Å². The molecule has 1 aromatic carbocycles. The molecular weight excluding hydrogens is 368 g/mol. The van der Waals surface area contributed by atoms with Crippen LogP contribution in [0.4, 0.5) is 0 Å². The first kappa shape index (κ1) is 22.8. The number of aliphatic imine (C=N–C) groups is 1. The van der Waals surface area contributed by atoms with E-state index in [-0.39, 0.29) is 11.3 Å². The summed E-state index contributed by atoms with van der Waals surface area (Å²) in [5, 5.41) is 3.41. The van der Waals surface area contributed by atoms with Crippen LogP contribution in [0, 0.1) is 5.92 Å². The van der Waals surface area contributed by atoms with Gasteiger partial charge in [-0.05, 0) is 43.4 Å². The molecule has 1 saturated heterocycles. The molecule has 1 fully saturated rings. The van der Waals surface area contributed by atoms with Gasteiger partial charge in [0.1, 0.15) is 0 Å². The fourth-order valence-corrected chi connectivity index (χ4v) is 3.76. The van der Waals surface area contributed by atoms with Crippen LogP contribution in [0.15, 0.2) is 23.2 Å². The summed E-state index contributed by atoms with van der Waals surface area (Å²) in [7, 11) is 3.29. The molecule has 1 aliphatic heterocycles. The summed E-state index contributed by atoms with van der Waals surface area (Å²) in [6.07, 6.45) is 2.52. The lowest BCUT2D eigenvalue weighted by Gasteiger charge is -2.35. The predicted octanol–water partition coefficient (Wildman–Crippen LogP) is 2.53. The van der Waals surface area contributed by atoms with Gasteiger partial charge >= 0.3 is 0 Å². The molecule has 0 radical (unpaired) electrons. The first-order valence-corrected chi connectivity index (χ1v) is 10.3. The molecule has 7 heteroatoms. The number of nitrogens with zero attached hydrogens (tertiary/aromatic N) is 2. The maximum Gasteiger partial charge on any atom is 0.217 e. The third-order valence-corrected chi connectivity index (χ3v) is 5.43. The summed E-state index contributed by atoms with van der Waals surface area (Å²) in [5.74, 6) is 2.41. The van der Waals surface area contributed by atoms with Crippen LogP contribution in [0.5, 0.6) is 11.5 Å². The van der Waals surface area contributed by atoms with Crippen LogP contribution < -0.4 is 20.5 Å². The molecule has 1 atom stereocenters. The summed E-state index contributed by atoms with van der Waals surface area (Å²) < 4.78 is 10.8. The number of hydrogen-bond acceptors (Lipinski definition) is 4. The number of hydrogen-bond donors (Lipinski definition) is 2. The molecule has 3 N–H and O–H groups in total. The van der Waals surface area contributed by atoms with Crippen molar-refractivity contribution in [2.45, 2.75) is 45.4 Å². The fourth-order valence-electron chi connectivity index (χ4n) is 3.76. The number of methoxy groups -OCH3 is 2. The van der Waals surface area contributed by atoms with E-state index in [0.29, 0.717) is 18.9 Å². The quantitative estimate of drug-likeness (QED) is 0.513. The van der Waals surface area contributed by atoms with Gasteiger partial charge in [0.05, 0.1) is 20.8 Å². The lowest BCUT2D eigenvalue weighted by Crippen LogP contribution is -2.47. The third kappa shape index (κ3) is 6.27. The van der Waals surface area contributed by atoms with Crippen molar-refractivity contribution >= 4 is 11.9 Å². The lowest BCUT2D eigenvalue weighted by atomic mass is 9.84. The summed E-state index contributed by atoms with van der Waals surface area (Å²) in [6.45, 7) is 9.60. The Morgan fingerprint density at radius 1 is 1.31 bits per heavy atom. The van der Waals surface area contributed by atoms with Gasteiger partial charge in [-0.3, -0.25) is 9.79 Å². The summed E-state index contributed by atoms with van der Waals surface area (Å²) >= 11 is 0. The number of amides is 1. The van der Waals surface area contributed by atoms with E-state index in [1.165, 1.54) is 0 Å². The topological polar surface area (TPSA) is 89.2 Å². The van der Waals surface area contributed by atoms with Crippen LogP contribution in [-0.4, -0.2) is 57.2 Å². The van der Waals surface area contributed by atoms with Crippen LogP contribution >= 0.6 is 0 Å². The average Bonchev–Trinajstić information content (AvgIpc) is 2.70. The highest BCUT2D eigenvalue weighted by Gasteiger charge is 2.26. The van der Waals surface area contributed by atoms with Crippen molar-refractivity contribution in [1.29, 1.82) is 0 Å². The fraction of sp³-hybridized carbons (Fsp3) is 0.636. The van der Waals surface area contributed by atoms with Crippen molar-refractivity contribution in [3.8, 4) is 11.5 Å². The van der Waals surface area contributed by atoms with Crippen molar-refractivity contribution in [3.05, 3.63) is 23.8 Å². The zero-order valence-electron chi connectivity index (χ0n) is 18.5. The second-order valence-corrected chi connectivity index (χ2v) is 8.25. The van der Waals surface area contributed by atoms with Crippen LogP contribution in [0.1, 0.15) is 45.6 Å². The molecule has 162 valence electrons. The molecule has 0 spiro atoms. The second-order valence-electron chi connectivity index (χ2n) is 8.25. The molecule has 1 unspecified atom stereocenters. The Labute approximate surface area is 174 Å². The molecule has 1 heterocycles. The maximum atomic E-state index is 11.3. The summed E-state index contributed by atoms with van der Waals surface area (Å²) in [5.41, 5.74) is 6.37. The van der Waals surface area contributed by atoms with Gasteiger partial charge in [0.25, 0.3) is 0 Å². The first-order valence-electron chi connectivity index (χ1n) is 10.3. The smallest absolute Gasteiger partial charge is 0.217 e. The highest BCUT2D eigenvalue weighted by Crippen LogP contribution is 2.33. The summed E-state index contributed by atoms with van der Waals surface area (Å²) in [4.78, 5) is 18.5. The molecule has 0 saturated carbocycles. The van der Waals surface area contributed by atoms with Gasteiger partial charge in [-0.2, -0.15) is 0 Å². The number of likely N-dealkylation sites (tertiary alicyclic amines) is 1. The minimum absolute atomic E-state index is 0.178. The van der Waals surface area contributed by atoms with Gasteiger partial charge in [-0.15, -0.1) is 0 Å². The monoisotopic (exact) mass is 404 g/mol. The van der Waals surface area contributed by atoms with Crippen molar-refractivity contribution < 1.29 is 14.3 Å². The Morgan fingerprint density at radius 2 is 2.03 bits per heavy atom. The van der Waals surface area contributed by atoms with E-state index in [0.717, 1.165) is 55.5 Å². The largest absolute Gasteiger partial charge is 0.493 e. The van der Waals surface area contributed by atoms with E-state index < -0.39 is 0 Å². The molecule has 0 aromatic heterocycles. The Kier molecular flexibility index (Phi) is 8.17. The van der Waals surface area contributed by atoms with Crippen molar-refractivity contribution in [2.75, 3.05) is 40.4 Å². The summed E-state index contributed by atoms with van der Waals surface area (Å²) in [6, 6.07) is 6.02. The number of rotatable bonds is 8. The highest BCUT2D eigenvalue weighted by atomic mass is 16.5. The molecule has 2 rings (SSSR count). The first-order chi connectivity index (χ1) is 13.8. The molecule has 1 aliphatic rings. The highest BCUT2D eigenvalue weighted by molar-refractivity contribution is 5.80. The van der Waals surface area contributed by atoms with Crippen molar-refractivity contribution in [3.63, 3.8) is 0 Å². The van der Waals surface area contributed by atoms with Gasteiger partial charge in [0.15, 0.2) is 17.5 Å². The van der Waals surface area contributed by atoms with E-state index in [1.807, 2.05) is 12.1 Å². The number of benzene rings is 1. The van der Waals surface area contributed by atoms with E-state index in [1.54, 1.807) is 14.2 Å². The van der Waals surface area contributed by atoms with E-state index in [9.17, 15) is 4.79 Å². The third-order valence-electron chi connectivity index (χ3n) is 5.43. The van der Waals surface area contributed by atoms with Crippen LogP contribution in [0.25, 0.3) is 0 Å². The molecule has 0 bridgehead atoms. The maximum absolute atomic E-state index is 11.3. The van der Waals surface area contributed by atoms with Gasteiger partial charge in [0, 0.05) is 31.5 Å². The van der Waals surface area contributed by atoms with Gasteiger partial charge in [-0.25, -0.2) is 0 Å². The van der Waals surface area contributed by atoms with Crippen molar-refractivity contribution in [1.82, 2.24) is 10.2 Å². The molecule has 7 nitrogen and oxygen atoms in total. The average molecular weight is 405 g/mol. The standard InChI is InChI=1S/C22H36N4O3/c1-6-24-21(26-11-7-8-16(14-26)12-20(23)27)25-15-22(2,3)17-9-10-18(28-4)19(13-17)29-5/h9-10,13,16H,6-8,11-12,14-15H2,1-5H3,(H2,23,27)(H,24,25). The lowest BCUT2D eigenvalue weighted by molar-refractivity contribution is -0.119. The van der Waals surface area contributed by atoms with Crippen LogP contribution in [0.3, 0.4) is 0 Å². The SMILES string of the molecule is CCNC(=NCC(C)(C)c1ccc(OC)c(OC)c1)N1CCCC(CC(N)=O)C1. The molecule has 0 aliphatic carbocycles. The Hall–Kier alpha value is -2.44. The zero-order valence-corrected chi connectivity index (χ0v) is 18.5. The Morgan fingerprint density at radius 3 is 2.66 bits per heavy atom. The molecule has 1 amide bonds. The molecular formula is C22H36N4O3. The zero-order chi connectivity index (χ0) is 21.4. The minimum atomic E-state index is -0.228. The van der Waals surface area contributed by atoms with Crippen LogP contribution in [-0.2, 0) is 10.2 Å². The Bertz CT molecular complexity index is 718. The predicted molar refractivity (Wildman–Crippen MR) is 117 cm³/mol. The number of ether oxygens (including phenoxy) is 2. The van der Waals surface area contributed by atoms with Gasteiger partial charge in [-0.1, -0.05) is 19.9 Å². The van der Waals surface area contributed by atoms with Crippen LogP contribution in [0.2, 0.25) is 0 Å². The molecule has 29 heavy (non-hydrogen) atoms. The Balaban J connectivity index is 2.16. The normalized spacial score (nSPS) is 17.8. The number of nitrogens with one attached hydrogen (secondary N) is 1. The van der Waals surface area contributed by atoms with E-state index in [2.05, 4.69) is 37.1 Å².